The molecule has 0 bridgehead atoms. The molecule has 0 radical (unpaired) electrons. The maximum Gasteiger partial charge on any atom is 0.119 e. The van der Waals surface area contributed by atoms with Gasteiger partial charge in [-0.25, -0.2) is 0 Å². The van der Waals surface area contributed by atoms with Crippen molar-refractivity contribution in [3.8, 4) is 5.75 Å². The summed E-state index contributed by atoms with van der Waals surface area (Å²) in [5, 5.41) is 3.40. The number of nitrogens with one attached hydrogen (secondary N) is 1. The zero-order chi connectivity index (χ0) is 15.3. The largest absolute Gasteiger partial charge is 0.492 e. The maximum atomic E-state index is 5.84. The van der Waals surface area contributed by atoms with Crippen LogP contribution in [0.4, 0.5) is 0 Å². The topological polar surface area (TPSA) is 24.5 Å². The van der Waals surface area contributed by atoms with Crippen LogP contribution in [0.5, 0.6) is 5.75 Å². The molecule has 1 aromatic carbocycles. The summed E-state index contributed by atoms with van der Waals surface area (Å²) < 4.78 is 5.84. The van der Waals surface area contributed by atoms with Gasteiger partial charge in [-0.3, -0.25) is 4.90 Å². The first-order valence-corrected chi connectivity index (χ1v) is 7.66. The third kappa shape index (κ3) is 7.69. The summed E-state index contributed by atoms with van der Waals surface area (Å²) >= 11 is 0. The average molecular weight is 288 g/mol. The van der Waals surface area contributed by atoms with Crippen LogP contribution < -0.4 is 10.1 Å². The van der Waals surface area contributed by atoms with Crippen molar-refractivity contribution in [3.63, 3.8) is 0 Å². The van der Waals surface area contributed by atoms with E-state index in [2.05, 4.69) is 42.4 Å². The number of benzene rings is 1. The van der Waals surface area contributed by atoms with Gasteiger partial charge >= 0.3 is 0 Å². The summed E-state index contributed by atoms with van der Waals surface area (Å²) in [4.78, 5) is 2.24. The summed E-state index contributed by atoms with van der Waals surface area (Å²) in [6.45, 7) is 14.9. The molecule has 1 aromatic rings. The fourth-order valence-corrected chi connectivity index (χ4v) is 2.07. The van der Waals surface area contributed by atoms with Gasteiger partial charge in [-0.2, -0.15) is 0 Å². The Morgan fingerprint density at radius 1 is 1.24 bits per heavy atom. The Bertz CT molecular complexity index is 407. The van der Waals surface area contributed by atoms with Crippen molar-refractivity contribution in [3.05, 3.63) is 55.1 Å². The Morgan fingerprint density at radius 2 is 2.00 bits per heavy atom. The van der Waals surface area contributed by atoms with Crippen LogP contribution in [0, 0.1) is 0 Å². The molecule has 3 heteroatoms. The monoisotopic (exact) mass is 288 g/mol. The van der Waals surface area contributed by atoms with Crippen molar-refractivity contribution in [2.45, 2.75) is 19.9 Å². The van der Waals surface area contributed by atoms with E-state index in [0.29, 0.717) is 6.61 Å². The minimum atomic E-state index is 0.674. The standard InChI is InChI=1S/C18H28N2O/c1-4-10-19-16-17-8-7-9-18(15-17)21-14-13-20(11-5-2)12-6-3/h5-9,15,19H,2-4,10-14,16H2,1H3. The van der Waals surface area contributed by atoms with Gasteiger partial charge in [0.2, 0.25) is 0 Å². The smallest absolute Gasteiger partial charge is 0.119 e. The normalized spacial score (nSPS) is 10.6. The molecule has 0 aliphatic rings. The van der Waals surface area contributed by atoms with Gasteiger partial charge in [0.1, 0.15) is 12.4 Å². The number of hydrogen-bond donors (Lipinski definition) is 1. The Morgan fingerprint density at radius 3 is 2.67 bits per heavy atom. The van der Waals surface area contributed by atoms with Gasteiger partial charge in [-0.05, 0) is 30.7 Å². The Kier molecular flexibility index (Phi) is 9.25. The van der Waals surface area contributed by atoms with Gasteiger partial charge in [-0.15, -0.1) is 13.2 Å². The molecule has 0 saturated heterocycles. The maximum absolute atomic E-state index is 5.84. The van der Waals surface area contributed by atoms with E-state index in [4.69, 9.17) is 4.74 Å². The molecule has 0 aliphatic carbocycles. The molecular formula is C18H28N2O. The van der Waals surface area contributed by atoms with Crippen molar-refractivity contribution in [1.82, 2.24) is 10.2 Å². The molecular weight excluding hydrogens is 260 g/mol. The van der Waals surface area contributed by atoms with Crippen molar-refractivity contribution in [1.29, 1.82) is 0 Å². The van der Waals surface area contributed by atoms with Gasteiger partial charge in [-0.1, -0.05) is 31.2 Å². The van der Waals surface area contributed by atoms with Crippen LogP contribution in [0.3, 0.4) is 0 Å². The quantitative estimate of drug-likeness (QED) is 0.472. The molecule has 0 unspecified atom stereocenters. The fourth-order valence-electron chi connectivity index (χ4n) is 2.07. The molecule has 0 aliphatic heterocycles. The predicted octanol–water partition coefficient (Wildman–Crippen LogP) is 3.24. The Hall–Kier alpha value is -1.58. The van der Waals surface area contributed by atoms with Gasteiger partial charge in [0.25, 0.3) is 0 Å². The first kappa shape index (κ1) is 17.5. The highest BCUT2D eigenvalue weighted by atomic mass is 16.5. The van der Waals surface area contributed by atoms with Crippen molar-refractivity contribution in [2.24, 2.45) is 0 Å². The van der Waals surface area contributed by atoms with Gasteiger partial charge in [0.05, 0.1) is 0 Å². The minimum Gasteiger partial charge on any atom is -0.492 e. The van der Waals surface area contributed by atoms with Crippen molar-refractivity contribution in [2.75, 3.05) is 32.8 Å². The highest BCUT2D eigenvalue weighted by molar-refractivity contribution is 5.28. The number of rotatable bonds is 12. The third-order valence-electron chi connectivity index (χ3n) is 3.11. The molecule has 0 spiro atoms. The van der Waals surface area contributed by atoms with Crippen LogP contribution in [0.1, 0.15) is 18.9 Å². The van der Waals surface area contributed by atoms with Crippen LogP contribution in [0.2, 0.25) is 0 Å². The fraction of sp³-hybridized carbons (Fsp3) is 0.444. The second-order valence-electron chi connectivity index (χ2n) is 5.01. The van der Waals surface area contributed by atoms with E-state index in [-0.39, 0.29) is 0 Å². The zero-order valence-electron chi connectivity index (χ0n) is 13.2. The number of nitrogens with zero attached hydrogens (tertiary/aromatic N) is 1. The lowest BCUT2D eigenvalue weighted by molar-refractivity contribution is 0.236. The van der Waals surface area contributed by atoms with Crippen molar-refractivity contribution >= 4 is 0 Å². The molecule has 21 heavy (non-hydrogen) atoms. The lowest BCUT2D eigenvalue weighted by atomic mass is 10.2. The molecule has 0 aromatic heterocycles. The summed E-state index contributed by atoms with van der Waals surface area (Å²) in [6, 6.07) is 8.28. The minimum absolute atomic E-state index is 0.674. The summed E-state index contributed by atoms with van der Waals surface area (Å²) in [5.74, 6) is 0.933. The van der Waals surface area contributed by atoms with E-state index >= 15 is 0 Å². The molecule has 0 fully saturated rings. The summed E-state index contributed by atoms with van der Waals surface area (Å²) in [6.07, 6.45) is 4.96. The van der Waals surface area contributed by atoms with Crippen LogP contribution in [-0.2, 0) is 6.54 Å². The first-order valence-electron chi connectivity index (χ1n) is 7.66. The van der Waals surface area contributed by atoms with Crippen LogP contribution in [0.15, 0.2) is 49.6 Å². The van der Waals surface area contributed by atoms with Gasteiger partial charge in [0.15, 0.2) is 0 Å². The number of ether oxygens (including phenoxy) is 1. The molecule has 1 rings (SSSR count). The van der Waals surface area contributed by atoms with Crippen LogP contribution >= 0.6 is 0 Å². The lowest BCUT2D eigenvalue weighted by Gasteiger charge is -2.18. The highest BCUT2D eigenvalue weighted by Gasteiger charge is 2.02. The van der Waals surface area contributed by atoms with E-state index < -0.39 is 0 Å². The van der Waals surface area contributed by atoms with Gasteiger partial charge < -0.3 is 10.1 Å². The van der Waals surface area contributed by atoms with E-state index in [0.717, 1.165) is 44.9 Å². The van der Waals surface area contributed by atoms with Crippen LogP contribution in [0.25, 0.3) is 0 Å². The van der Waals surface area contributed by atoms with Crippen LogP contribution in [-0.4, -0.2) is 37.7 Å². The molecule has 0 amide bonds. The lowest BCUT2D eigenvalue weighted by Crippen LogP contribution is -2.28. The van der Waals surface area contributed by atoms with Gasteiger partial charge in [0, 0.05) is 26.2 Å². The number of hydrogen-bond acceptors (Lipinski definition) is 3. The summed E-state index contributed by atoms with van der Waals surface area (Å²) in [5.41, 5.74) is 1.26. The van der Waals surface area contributed by atoms with E-state index in [1.54, 1.807) is 0 Å². The van der Waals surface area contributed by atoms with E-state index in [9.17, 15) is 0 Å². The van der Waals surface area contributed by atoms with Crippen molar-refractivity contribution < 1.29 is 4.74 Å². The SMILES string of the molecule is C=CCN(CC=C)CCOc1cccc(CNCCC)c1. The Labute approximate surface area is 129 Å². The molecule has 1 N–H and O–H groups in total. The molecule has 0 heterocycles. The molecule has 116 valence electrons. The zero-order valence-corrected chi connectivity index (χ0v) is 13.2. The highest BCUT2D eigenvalue weighted by Crippen LogP contribution is 2.13. The predicted molar refractivity (Wildman–Crippen MR) is 90.8 cm³/mol. The third-order valence-corrected chi connectivity index (χ3v) is 3.11. The molecule has 0 atom stereocenters. The summed E-state index contributed by atoms with van der Waals surface area (Å²) in [7, 11) is 0. The van der Waals surface area contributed by atoms with E-state index in [1.807, 2.05) is 24.3 Å². The van der Waals surface area contributed by atoms with E-state index in [1.165, 1.54) is 5.56 Å². The first-order chi connectivity index (χ1) is 10.3. The Balaban J connectivity index is 2.38. The molecule has 0 saturated carbocycles. The second kappa shape index (κ2) is 11.1. The second-order valence-corrected chi connectivity index (χ2v) is 5.01. The average Bonchev–Trinajstić information content (AvgIpc) is 2.48. The molecule has 3 nitrogen and oxygen atoms in total.